The first-order chi connectivity index (χ1) is 13.6. The molecule has 0 saturated heterocycles. The van der Waals surface area contributed by atoms with Crippen LogP contribution in [0, 0.1) is 0 Å². The summed E-state index contributed by atoms with van der Waals surface area (Å²) in [7, 11) is 3.49. The van der Waals surface area contributed by atoms with Crippen molar-refractivity contribution in [3.8, 4) is 5.75 Å². The predicted octanol–water partition coefficient (Wildman–Crippen LogP) is 0.690. The van der Waals surface area contributed by atoms with E-state index in [0.29, 0.717) is 43.4 Å². The van der Waals surface area contributed by atoms with Crippen molar-refractivity contribution in [2.24, 2.45) is 0 Å². The van der Waals surface area contributed by atoms with Crippen LogP contribution in [0.1, 0.15) is 22.6 Å². The number of ether oxygens (including phenoxy) is 2. The molecule has 0 spiro atoms. The third kappa shape index (κ3) is 4.80. The molecule has 0 unspecified atom stereocenters. The molecule has 28 heavy (non-hydrogen) atoms. The van der Waals surface area contributed by atoms with Crippen LogP contribution in [0.2, 0.25) is 0 Å². The number of benzene rings is 1. The molecule has 1 aliphatic rings. The quantitative estimate of drug-likeness (QED) is 0.575. The van der Waals surface area contributed by atoms with Gasteiger partial charge in [-0.3, -0.25) is 9.59 Å². The maximum atomic E-state index is 12.3. The molecule has 0 saturated carbocycles. The van der Waals surface area contributed by atoms with Gasteiger partial charge in [-0.25, -0.2) is 4.98 Å². The number of hydrogen-bond donors (Lipinski definition) is 3. The SMILES string of the molecule is COCCNC(=O)c1ccc2c(c1)N(C)[C@@H](CC(=O)NCc1ncc[nH]1)CO2. The lowest BCUT2D eigenvalue weighted by atomic mass is 10.1. The zero-order chi connectivity index (χ0) is 19.9. The van der Waals surface area contributed by atoms with E-state index in [1.807, 2.05) is 11.9 Å². The van der Waals surface area contributed by atoms with Crippen LogP contribution in [-0.4, -0.2) is 61.7 Å². The minimum absolute atomic E-state index is 0.0891. The molecule has 2 heterocycles. The summed E-state index contributed by atoms with van der Waals surface area (Å²) >= 11 is 0. The van der Waals surface area contributed by atoms with E-state index in [0.717, 1.165) is 5.69 Å². The fourth-order valence-corrected chi connectivity index (χ4v) is 2.98. The Bertz CT molecular complexity index is 809. The number of anilines is 1. The highest BCUT2D eigenvalue weighted by molar-refractivity contribution is 5.95. The van der Waals surface area contributed by atoms with E-state index in [2.05, 4.69) is 20.6 Å². The number of aromatic nitrogens is 2. The van der Waals surface area contributed by atoms with Gasteiger partial charge >= 0.3 is 0 Å². The van der Waals surface area contributed by atoms with Gasteiger partial charge in [-0.2, -0.15) is 0 Å². The number of nitrogens with one attached hydrogen (secondary N) is 3. The van der Waals surface area contributed by atoms with Gasteiger partial charge < -0.3 is 30.0 Å². The van der Waals surface area contributed by atoms with E-state index >= 15 is 0 Å². The fourth-order valence-electron chi connectivity index (χ4n) is 2.98. The Morgan fingerprint density at radius 3 is 3.00 bits per heavy atom. The highest BCUT2D eigenvalue weighted by Gasteiger charge is 2.27. The number of hydrogen-bond acceptors (Lipinski definition) is 6. The predicted molar refractivity (Wildman–Crippen MR) is 103 cm³/mol. The Kier molecular flexibility index (Phi) is 6.49. The molecule has 2 amide bonds. The minimum atomic E-state index is -0.174. The molecule has 1 aromatic heterocycles. The Morgan fingerprint density at radius 2 is 2.25 bits per heavy atom. The number of fused-ring (bicyclic) bond motifs is 1. The lowest BCUT2D eigenvalue weighted by Crippen LogP contribution is -2.43. The van der Waals surface area contributed by atoms with E-state index < -0.39 is 0 Å². The van der Waals surface area contributed by atoms with Crippen LogP contribution < -0.4 is 20.3 Å². The Balaban J connectivity index is 1.60. The lowest BCUT2D eigenvalue weighted by molar-refractivity contribution is -0.121. The third-order valence-corrected chi connectivity index (χ3v) is 4.60. The number of rotatable bonds is 8. The van der Waals surface area contributed by atoms with Crippen LogP contribution in [0.25, 0.3) is 0 Å². The van der Waals surface area contributed by atoms with E-state index in [-0.39, 0.29) is 24.3 Å². The summed E-state index contributed by atoms with van der Waals surface area (Å²) in [4.78, 5) is 33.6. The number of likely N-dealkylation sites (N-methyl/N-ethyl adjacent to an activating group) is 1. The highest BCUT2D eigenvalue weighted by atomic mass is 16.5. The summed E-state index contributed by atoms with van der Waals surface area (Å²) in [5.41, 5.74) is 1.32. The summed E-state index contributed by atoms with van der Waals surface area (Å²) in [6, 6.07) is 5.16. The van der Waals surface area contributed by atoms with Gasteiger partial charge in [0.15, 0.2) is 0 Å². The van der Waals surface area contributed by atoms with Crippen LogP contribution in [0.15, 0.2) is 30.6 Å². The number of methoxy groups -OCH3 is 1. The van der Waals surface area contributed by atoms with Crippen LogP contribution in [0.4, 0.5) is 5.69 Å². The second kappa shape index (κ2) is 9.23. The van der Waals surface area contributed by atoms with Crippen molar-refractivity contribution < 1.29 is 19.1 Å². The molecule has 0 radical (unpaired) electrons. The first kappa shape index (κ1) is 19.7. The van der Waals surface area contributed by atoms with Gasteiger partial charge in [-0.1, -0.05) is 0 Å². The maximum absolute atomic E-state index is 12.3. The van der Waals surface area contributed by atoms with E-state index in [9.17, 15) is 9.59 Å². The Hall–Kier alpha value is -3.07. The largest absolute Gasteiger partial charge is 0.489 e. The first-order valence-corrected chi connectivity index (χ1v) is 9.10. The molecule has 0 aliphatic carbocycles. The summed E-state index contributed by atoms with van der Waals surface area (Å²) in [5.74, 6) is 1.14. The normalized spacial score (nSPS) is 15.5. The number of carbonyl (C=O) groups excluding carboxylic acids is 2. The number of carbonyl (C=O) groups is 2. The van der Waals surface area contributed by atoms with Gasteiger partial charge in [0.05, 0.1) is 31.3 Å². The Labute approximate surface area is 163 Å². The molecule has 1 aliphatic heterocycles. The molecule has 1 atom stereocenters. The van der Waals surface area contributed by atoms with E-state index in [1.165, 1.54) is 0 Å². The summed E-state index contributed by atoms with van der Waals surface area (Å²) in [6.45, 7) is 1.65. The summed E-state index contributed by atoms with van der Waals surface area (Å²) in [5, 5.41) is 5.64. The molecule has 9 nitrogen and oxygen atoms in total. The second-order valence-electron chi connectivity index (χ2n) is 6.52. The molecular weight excluding hydrogens is 362 g/mol. The number of imidazole rings is 1. The average Bonchev–Trinajstić information content (AvgIpc) is 3.22. The van der Waals surface area contributed by atoms with Crippen molar-refractivity contribution in [3.63, 3.8) is 0 Å². The number of amides is 2. The van der Waals surface area contributed by atoms with Crippen LogP contribution >= 0.6 is 0 Å². The first-order valence-electron chi connectivity index (χ1n) is 9.10. The second-order valence-corrected chi connectivity index (χ2v) is 6.52. The molecule has 1 aromatic carbocycles. The summed E-state index contributed by atoms with van der Waals surface area (Å²) < 4.78 is 10.7. The topological polar surface area (TPSA) is 109 Å². The Morgan fingerprint density at radius 1 is 1.39 bits per heavy atom. The van der Waals surface area contributed by atoms with Crippen molar-refractivity contribution in [2.75, 3.05) is 38.8 Å². The van der Waals surface area contributed by atoms with Crippen molar-refractivity contribution in [1.82, 2.24) is 20.6 Å². The van der Waals surface area contributed by atoms with Crippen LogP contribution in [-0.2, 0) is 16.1 Å². The molecule has 9 heteroatoms. The summed E-state index contributed by atoms with van der Waals surface area (Å²) in [6.07, 6.45) is 3.63. The number of H-pyrrole nitrogens is 1. The van der Waals surface area contributed by atoms with Gasteiger partial charge in [-0.05, 0) is 18.2 Å². The zero-order valence-electron chi connectivity index (χ0n) is 16.0. The van der Waals surface area contributed by atoms with Crippen molar-refractivity contribution >= 4 is 17.5 Å². The minimum Gasteiger partial charge on any atom is -0.489 e. The zero-order valence-corrected chi connectivity index (χ0v) is 16.0. The monoisotopic (exact) mass is 387 g/mol. The van der Waals surface area contributed by atoms with Crippen LogP contribution in [0.3, 0.4) is 0 Å². The van der Waals surface area contributed by atoms with Crippen LogP contribution in [0.5, 0.6) is 5.75 Å². The fraction of sp³-hybridized carbons (Fsp3) is 0.421. The molecule has 0 bridgehead atoms. The maximum Gasteiger partial charge on any atom is 0.251 e. The van der Waals surface area contributed by atoms with E-state index in [1.54, 1.807) is 37.7 Å². The molecule has 2 aromatic rings. The molecular formula is C19H25N5O4. The lowest BCUT2D eigenvalue weighted by Gasteiger charge is -2.35. The van der Waals surface area contributed by atoms with Gasteiger partial charge in [0, 0.05) is 38.7 Å². The van der Waals surface area contributed by atoms with E-state index in [4.69, 9.17) is 9.47 Å². The molecule has 3 rings (SSSR count). The van der Waals surface area contributed by atoms with Gasteiger partial charge in [0.2, 0.25) is 5.91 Å². The van der Waals surface area contributed by atoms with Gasteiger partial charge in [0.1, 0.15) is 18.2 Å². The van der Waals surface area contributed by atoms with Gasteiger partial charge in [0.25, 0.3) is 5.91 Å². The van der Waals surface area contributed by atoms with Crippen molar-refractivity contribution in [3.05, 3.63) is 42.0 Å². The molecule has 150 valence electrons. The third-order valence-electron chi connectivity index (χ3n) is 4.60. The van der Waals surface area contributed by atoms with Crippen molar-refractivity contribution in [2.45, 2.75) is 19.0 Å². The van der Waals surface area contributed by atoms with Crippen molar-refractivity contribution in [1.29, 1.82) is 0 Å². The molecule has 0 fully saturated rings. The molecule has 3 N–H and O–H groups in total. The average molecular weight is 387 g/mol. The number of nitrogens with zero attached hydrogens (tertiary/aromatic N) is 2. The van der Waals surface area contributed by atoms with Gasteiger partial charge in [-0.15, -0.1) is 0 Å². The number of aromatic amines is 1. The smallest absolute Gasteiger partial charge is 0.251 e. The standard InChI is InChI=1S/C19H25N5O4/c1-24-14(10-18(25)23-11-17-20-5-6-21-17)12-28-16-4-3-13(9-15(16)24)19(26)22-7-8-27-2/h3-6,9,14H,7-8,10-12H2,1-2H3,(H,20,21)(H,22,26)(H,23,25)/t14-/m0/s1. The highest BCUT2D eigenvalue weighted by Crippen LogP contribution is 2.34.